The van der Waals surface area contributed by atoms with Crippen molar-refractivity contribution >= 4 is 74.8 Å². The number of rotatable bonds is 11. The summed E-state index contributed by atoms with van der Waals surface area (Å²) in [5.41, 5.74) is 2.84. The summed E-state index contributed by atoms with van der Waals surface area (Å²) in [4.78, 5) is 51.6. The van der Waals surface area contributed by atoms with Gasteiger partial charge in [0.15, 0.2) is 18.1 Å². The van der Waals surface area contributed by atoms with Crippen molar-refractivity contribution in [3.8, 4) is 17.2 Å². The number of nitrogens with one attached hydrogen (secondary N) is 2. The zero-order valence-corrected chi connectivity index (χ0v) is 26.0. The number of benzene rings is 3. The van der Waals surface area contributed by atoms with Gasteiger partial charge in [-0.2, -0.15) is 0 Å². The fourth-order valence-electron chi connectivity index (χ4n) is 3.87. The van der Waals surface area contributed by atoms with Gasteiger partial charge < -0.3 is 24.8 Å². The molecule has 0 saturated carbocycles. The Balaban J connectivity index is 1.39. The van der Waals surface area contributed by atoms with E-state index in [-0.39, 0.29) is 17.4 Å². The third-order valence-corrected chi connectivity index (χ3v) is 7.57. The van der Waals surface area contributed by atoms with Gasteiger partial charge in [-0.1, -0.05) is 17.7 Å². The standard InChI is InChI=1S/C30H28IN3O7S/c1-4-40-22-11-9-21(10-12-22)32-26(35)16-34-29(37)25(42-30(34)38)15-19-13-23(31)28(24(14-19)39-3)41-17-27(36)33-20-7-5-18(2)6-8-20/h5-15H,4,16-17H2,1-3H3,(H,32,35)(H,33,36)/b25-15+. The Morgan fingerprint density at radius 2 is 1.60 bits per heavy atom. The topological polar surface area (TPSA) is 123 Å². The number of nitrogens with zero attached hydrogens (tertiary/aromatic N) is 1. The number of hydrogen-bond acceptors (Lipinski definition) is 8. The van der Waals surface area contributed by atoms with Gasteiger partial charge in [0.2, 0.25) is 5.91 Å². The first-order chi connectivity index (χ1) is 20.2. The van der Waals surface area contributed by atoms with Crippen molar-refractivity contribution in [2.24, 2.45) is 0 Å². The molecule has 1 aliphatic heterocycles. The maximum absolute atomic E-state index is 13.0. The van der Waals surface area contributed by atoms with Crippen molar-refractivity contribution < 1.29 is 33.4 Å². The molecule has 1 fully saturated rings. The first-order valence-corrected chi connectivity index (χ1v) is 14.7. The molecule has 2 N–H and O–H groups in total. The molecule has 3 aromatic carbocycles. The van der Waals surface area contributed by atoms with Gasteiger partial charge in [0.05, 0.1) is 22.2 Å². The molecule has 0 bridgehead atoms. The number of amides is 4. The number of ether oxygens (including phenoxy) is 3. The van der Waals surface area contributed by atoms with E-state index in [1.165, 1.54) is 7.11 Å². The molecule has 10 nitrogen and oxygen atoms in total. The highest BCUT2D eigenvalue weighted by molar-refractivity contribution is 14.1. The molecule has 0 unspecified atom stereocenters. The monoisotopic (exact) mass is 701 g/mol. The van der Waals surface area contributed by atoms with Gasteiger partial charge >= 0.3 is 0 Å². The van der Waals surface area contributed by atoms with Crippen LogP contribution in [0.3, 0.4) is 0 Å². The minimum absolute atomic E-state index is 0.165. The number of hydrogen-bond donors (Lipinski definition) is 2. The minimum Gasteiger partial charge on any atom is -0.494 e. The van der Waals surface area contributed by atoms with Crippen LogP contribution < -0.4 is 24.8 Å². The molecular weight excluding hydrogens is 673 g/mol. The van der Waals surface area contributed by atoms with Gasteiger partial charge in [0.25, 0.3) is 17.1 Å². The molecule has 0 aliphatic carbocycles. The van der Waals surface area contributed by atoms with E-state index in [9.17, 15) is 19.2 Å². The summed E-state index contributed by atoms with van der Waals surface area (Å²) in [6.45, 7) is 3.70. The summed E-state index contributed by atoms with van der Waals surface area (Å²) in [5.74, 6) is -0.0264. The van der Waals surface area contributed by atoms with Gasteiger partial charge in [-0.25, -0.2) is 0 Å². The van der Waals surface area contributed by atoms with Crippen LogP contribution in [0.4, 0.5) is 16.2 Å². The Kier molecular flexibility index (Phi) is 10.5. The Hall–Kier alpha value is -4.04. The molecular formula is C30H28IN3O7S. The van der Waals surface area contributed by atoms with E-state index in [4.69, 9.17) is 14.2 Å². The molecule has 0 atom stereocenters. The van der Waals surface area contributed by atoms with E-state index >= 15 is 0 Å². The number of halogens is 1. The predicted octanol–water partition coefficient (Wildman–Crippen LogP) is 5.70. The lowest BCUT2D eigenvalue weighted by molar-refractivity contribution is -0.127. The molecule has 12 heteroatoms. The lowest BCUT2D eigenvalue weighted by atomic mass is 10.2. The van der Waals surface area contributed by atoms with Gasteiger partial charge in [-0.15, -0.1) is 0 Å². The smallest absolute Gasteiger partial charge is 0.294 e. The fourth-order valence-corrected chi connectivity index (χ4v) is 5.49. The van der Waals surface area contributed by atoms with Crippen molar-refractivity contribution in [2.45, 2.75) is 13.8 Å². The third kappa shape index (κ3) is 8.03. The van der Waals surface area contributed by atoms with E-state index < -0.39 is 23.6 Å². The second kappa shape index (κ2) is 14.2. The Bertz CT molecular complexity index is 1530. The van der Waals surface area contributed by atoms with Gasteiger partial charge in [0, 0.05) is 11.4 Å². The molecule has 4 rings (SSSR count). The number of aryl methyl sites for hydroxylation is 1. The third-order valence-electron chi connectivity index (χ3n) is 5.86. The van der Waals surface area contributed by atoms with E-state index in [0.717, 1.165) is 22.2 Å². The van der Waals surface area contributed by atoms with Gasteiger partial charge in [-0.05, 0) is 108 Å². The molecule has 218 valence electrons. The second-order valence-corrected chi connectivity index (χ2v) is 11.2. The molecule has 42 heavy (non-hydrogen) atoms. The second-order valence-electron chi connectivity index (χ2n) is 9.01. The van der Waals surface area contributed by atoms with E-state index in [2.05, 4.69) is 10.6 Å². The molecule has 1 aliphatic rings. The normalized spacial score (nSPS) is 13.7. The van der Waals surface area contributed by atoms with Crippen molar-refractivity contribution in [3.05, 3.63) is 80.3 Å². The molecule has 3 aromatic rings. The van der Waals surface area contributed by atoms with Crippen LogP contribution in [-0.4, -0.2) is 54.7 Å². The zero-order valence-electron chi connectivity index (χ0n) is 23.1. The van der Waals surface area contributed by atoms with E-state index in [0.29, 0.717) is 44.4 Å². The van der Waals surface area contributed by atoms with Crippen molar-refractivity contribution in [1.82, 2.24) is 4.90 Å². The average Bonchev–Trinajstić information content (AvgIpc) is 3.21. The first kappa shape index (κ1) is 30.9. The van der Waals surface area contributed by atoms with Crippen LogP contribution in [-0.2, 0) is 14.4 Å². The highest BCUT2D eigenvalue weighted by Crippen LogP contribution is 2.37. The SMILES string of the molecule is CCOc1ccc(NC(=O)CN2C(=O)S/C(=C/c3cc(I)c(OCC(=O)Nc4ccc(C)cc4)c(OC)c3)C2=O)cc1. The maximum Gasteiger partial charge on any atom is 0.294 e. The van der Waals surface area contributed by atoms with Crippen molar-refractivity contribution in [1.29, 1.82) is 0 Å². The first-order valence-electron chi connectivity index (χ1n) is 12.8. The summed E-state index contributed by atoms with van der Waals surface area (Å²) in [6, 6.07) is 17.6. The highest BCUT2D eigenvalue weighted by atomic mass is 127. The predicted molar refractivity (Wildman–Crippen MR) is 170 cm³/mol. The van der Waals surface area contributed by atoms with E-state index in [1.807, 2.05) is 60.7 Å². The van der Waals surface area contributed by atoms with Gasteiger partial charge in [0.1, 0.15) is 12.3 Å². The number of carbonyl (C=O) groups excluding carboxylic acids is 4. The molecule has 0 aromatic heterocycles. The lowest BCUT2D eigenvalue weighted by Crippen LogP contribution is -2.36. The van der Waals surface area contributed by atoms with Crippen LogP contribution in [0.1, 0.15) is 18.1 Å². The Morgan fingerprint density at radius 1 is 0.952 bits per heavy atom. The van der Waals surface area contributed by atoms with Crippen molar-refractivity contribution in [2.75, 3.05) is 37.5 Å². The molecule has 0 spiro atoms. The summed E-state index contributed by atoms with van der Waals surface area (Å²) in [7, 11) is 1.46. The molecule has 1 heterocycles. The number of imide groups is 1. The summed E-state index contributed by atoms with van der Waals surface area (Å²) < 4.78 is 17.2. The summed E-state index contributed by atoms with van der Waals surface area (Å²) in [6.07, 6.45) is 1.55. The Morgan fingerprint density at radius 3 is 2.24 bits per heavy atom. The Labute approximate surface area is 260 Å². The molecule has 1 saturated heterocycles. The number of anilines is 2. The lowest BCUT2D eigenvalue weighted by Gasteiger charge is -2.14. The average molecular weight is 702 g/mol. The number of methoxy groups -OCH3 is 1. The number of thioether (sulfide) groups is 1. The molecule has 4 amide bonds. The summed E-state index contributed by atoms with van der Waals surface area (Å²) in [5, 5.41) is 4.91. The van der Waals surface area contributed by atoms with Crippen LogP contribution in [0.2, 0.25) is 0 Å². The summed E-state index contributed by atoms with van der Waals surface area (Å²) >= 11 is 2.79. The quantitative estimate of drug-likeness (QED) is 0.193. The van der Waals surface area contributed by atoms with Crippen LogP contribution in [0.25, 0.3) is 6.08 Å². The van der Waals surface area contributed by atoms with Gasteiger partial charge in [-0.3, -0.25) is 24.1 Å². The highest BCUT2D eigenvalue weighted by Gasteiger charge is 2.36. The van der Waals surface area contributed by atoms with Crippen molar-refractivity contribution in [3.63, 3.8) is 0 Å². The van der Waals surface area contributed by atoms with Crippen LogP contribution in [0.5, 0.6) is 17.2 Å². The maximum atomic E-state index is 13.0. The van der Waals surface area contributed by atoms with Crippen LogP contribution in [0.15, 0.2) is 65.6 Å². The molecule has 0 radical (unpaired) electrons. The van der Waals surface area contributed by atoms with Crippen LogP contribution in [0, 0.1) is 10.5 Å². The fraction of sp³-hybridized carbons (Fsp3) is 0.200. The largest absolute Gasteiger partial charge is 0.494 e. The van der Waals surface area contributed by atoms with E-state index in [1.54, 1.807) is 42.5 Å². The zero-order chi connectivity index (χ0) is 30.2. The minimum atomic E-state index is -0.575. The van der Waals surface area contributed by atoms with Crippen LogP contribution >= 0.6 is 34.4 Å². The number of carbonyl (C=O) groups is 4.